The van der Waals surface area contributed by atoms with Crippen LogP contribution in [0.3, 0.4) is 0 Å². The van der Waals surface area contributed by atoms with Gasteiger partial charge in [-0.15, -0.1) is 0 Å². The molecule has 2 heteroatoms. The Morgan fingerprint density at radius 2 is 1.57 bits per heavy atom. The van der Waals surface area contributed by atoms with Crippen LogP contribution < -0.4 is 11.3 Å². The molecule has 0 heterocycles. The summed E-state index contributed by atoms with van der Waals surface area (Å²) in [7, 11) is 0. The van der Waals surface area contributed by atoms with E-state index in [4.69, 9.17) is 5.84 Å². The fourth-order valence-corrected chi connectivity index (χ4v) is 1.38. The van der Waals surface area contributed by atoms with Crippen molar-refractivity contribution in [3.63, 3.8) is 0 Å². The molecule has 0 atom stereocenters. The molecule has 0 unspecified atom stereocenters. The topological polar surface area (TPSA) is 38.0 Å². The van der Waals surface area contributed by atoms with Crippen LogP contribution in [0, 0.1) is 10.8 Å². The van der Waals surface area contributed by atoms with E-state index in [1.807, 2.05) is 6.08 Å². The third-order valence-electron chi connectivity index (χ3n) is 2.33. The second kappa shape index (κ2) is 3.62. The molecule has 0 aromatic rings. The average molecular weight is 192 g/mol. The maximum absolute atomic E-state index is 5.44. The van der Waals surface area contributed by atoms with Gasteiger partial charge in [0, 0.05) is 16.5 Å². The molecule has 1 aliphatic carbocycles. The van der Waals surface area contributed by atoms with Crippen molar-refractivity contribution >= 4 is 0 Å². The molecular weight excluding hydrogens is 172 g/mol. The average Bonchev–Trinajstić information content (AvgIpc) is 2.08. The van der Waals surface area contributed by atoms with E-state index in [1.54, 1.807) is 0 Å². The van der Waals surface area contributed by atoms with Crippen molar-refractivity contribution in [3.8, 4) is 0 Å². The van der Waals surface area contributed by atoms with Crippen molar-refractivity contribution in [3.05, 3.63) is 36.1 Å². The number of nitrogens with two attached hydrogens (primary N) is 1. The van der Waals surface area contributed by atoms with Crippen LogP contribution in [-0.2, 0) is 0 Å². The molecule has 3 N–H and O–H groups in total. The van der Waals surface area contributed by atoms with E-state index in [-0.39, 0.29) is 10.8 Å². The van der Waals surface area contributed by atoms with Crippen molar-refractivity contribution in [1.82, 2.24) is 5.43 Å². The Morgan fingerprint density at radius 3 is 2.14 bits per heavy atom. The predicted molar refractivity (Wildman–Crippen MR) is 61.2 cm³/mol. The van der Waals surface area contributed by atoms with Crippen LogP contribution in [0.2, 0.25) is 0 Å². The summed E-state index contributed by atoms with van der Waals surface area (Å²) in [5, 5.41) is 0. The molecule has 0 aromatic carbocycles. The maximum atomic E-state index is 5.44. The molecule has 1 rings (SSSR count). The SMILES string of the molecule is CC1(C)/C=C\C(NN)=C/C(C)(C)/C=C\1. The first-order valence-electron chi connectivity index (χ1n) is 4.94. The van der Waals surface area contributed by atoms with Crippen LogP contribution in [-0.4, -0.2) is 0 Å². The van der Waals surface area contributed by atoms with Gasteiger partial charge in [0.2, 0.25) is 0 Å². The first kappa shape index (κ1) is 11.1. The quantitative estimate of drug-likeness (QED) is 0.380. The van der Waals surface area contributed by atoms with E-state index in [1.165, 1.54) is 0 Å². The molecule has 0 aliphatic heterocycles. The maximum Gasteiger partial charge on any atom is 0.0450 e. The second-order valence-corrected chi connectivity index (χ2v) is 5.05. The van der Waals surface area contributed by atoms with Crippen LogP contribution in [0.4, 0.5) is 0 Å². The number of hydrazine groups is 1. The summed E-state index contributed by atoms with van der Waals surface area (Å²) < 4.78 is 0. The molecule has 78 valence electrons. The monoisotopic (exact) mass is 192 g/mol. The summed E-state index contributed by atoms with van der Waals surface area (Å²) in [5.74, 6) is 5.44. The summed E-state index contributed by atoms with van der Waals surface area (Å²) in [6.07, 6.45) is 10.7. The molecule has 2 nitrogen and oxygen atoms in total. The van der Waals surface area contributed by atoms with Gasteiger partial charge < -0.3 is 5.43 Å². The van der Waals surface area contributed by atoms with E-state index < -0.39 is 0 Å². The highest BCUT2D eigenvalue weighted by Crippen LogP contribution is 2.29. The fourth-order valence-electron chi connectivity index (χ4n) is 1.38. The van der Waals surface area contributed by atoms with Gasteiger partial charge in [-0.05, 0) is 6.08 Å². The summed E-state index contributed by atoms with van der Waals surface area (Å²) >= 11 is 0. The molecule has 0 amide bonds. The van der Waals surface area contributed by atoms with E-state index in [0.29, 0.717) is 0 Å². The zero-order chi connectivity index (χ0) is 10.8. The Kier molecular flexibility index (Phi) is 2.86. The normalized spacial score (nSPS) is 31.9. The van der Waals surface area contributed by atoms with Gasteiger partial charge in [-0.1, -0.05) is 52.0 Å². The van der Waals surface area contributed by atoms with Crippen LogP contribution in [0.1, 0.15) is 27.7 Å². The molecule has 0 saturated carbocycles. The van der Waals surface area contributed by atoms with Crippen molar-refractivity contribution < 1.29 is 0 Å². The van der Waals surface area contributed by atoms with Gasteiger partial charge in [0.25, 0.3) is 0 Å². The summed E-state index contributed by atoms with van der Waals surface area (Å²) in [6.45, 7) is 8.68. The lowest BCUT2D eigenvalue weighted by Gasteiger charge is -2.23. The second-order valence-electron chi connectivity index (χ2n) is 5.05. The first-order chi connectivity index (χ1) is 6.35. The number of hydrogen-bond acceptors (Lipinski definition) is 2. The van der Waals surface area contributed by atoms with Crippen molar-refractivity contribution in [2.24, 2.45) is 16.7 Å². The van der Waals surface area contributed by atoms with Gasteiger partial charge >= 0.3 is 0 Å². The Morgan fingerprint density at radius 1 is 1.00 bits per heavy atom. The summed E-state index contributed by atoms with van der Waals surface area (Å²) in [6, 6.07) is 0. The Bertz CT molecular complexity index is 293. The van der Waals surface area contributed by atoms with Gasteiger partial charge in [0.15, 0.2) is 0 Å². The van der Waals surface area contributed by atoms with Gasteiger partial charge in [-0.2, -0.15) is 0 Å². The Hall–Kier alpha value is -1.02. The van der Waals surface area contributed by atoms with E-state index in [0.717, 1.165) is 5.70 Å². The summed E-state index contributed by atoms with van der Waals surface area (Å²) in [5.41, 5.74) is 3.81. The number of allylic oxidation sites excluding steroid dienone is 5. The first-order valence-corrected chi connectivity index (χ1v) is 4.94. The lowest BCUT2D eigenvalue weighted by atomic mass is 9.83. The van der Waals surface area contributed by atoms with E-state index in [9.17, 15) is 0 Å². The fraction of sp³-hybridized carbons (Fsp3) is 0.500. The van der Waals surface area contributed by atoms with Crippen LogP contribution in [0.25, 0.3) is 0 Å². The zero-order valence-electron chi connectivity index (χ0n) is 9.46. The molecule has 0 bridgehead atoms. The lowest BCUT2D eigenvalue weighted by Crippen LogP contribution is -2.23. The minimum atomic E-state index is 0.0454. The summed E-state index contributed by atoms with van der Waals surface area (Å²) in [4.78, 5) is 0. The van der Waals surface area contributed by atoms with Gasteiger partial charge in [0.05, 0.1) is 0 Å². The minimum Gasteiger partial charge on any atom is -0.324 e. The largest absolute Gasteiger partial charge is 0.324 e. The Labute approximate surface area is 86.5 Å². The number of hydrogen-bond donors (Lipinski definition) is 2. The highest BCUT2D eigenvalue weighted by Gasteiger charge is 2.17. The molecule has 14 heavy (non-hydrogen) atoms. The predicted octanol–water partition coefficient (Wildman–Crippen LogP) is 2.51. The van der Waals surface area contributed by atoms with Crippen LogP contribution >= 0.6 is 0 Å². The molecule has 0 saturated heterocycles. The van der Waals surface area contributed by atoms with Crippen molar-refractivity contribution in [2.75, 3.05) is 0 Å². The van der Waals surface area contributed by atoms with Crippen LogP contribution in [0.5, 0.6) is 0 Å². The molecule has 0 radical (unpaired) electrons. The Balaban J connectivity index is 3.10. The van der Waals surface area contributed by atoms with Crippen LogP contribution in [0.15, 0.2) is 36.1 Å². The number of nitrogens with one attached hydrogen (secondary N) is 1. The smallest absolute Gasteiger partial charge is 0.0450 e. The standard InChI is InChI=1S/C12H20N2/c1-11(2)6-5-10(14-13)9-12(3,4)8-7-11/h5-9,14H,13H2,1-4H3/b6-5-,8-7-,10-9+. The molecule has 0 spiro atoms. The minimum absolute atomic E-state index is 0.0454. The van der Waals surface area contributed by atoms with Gasteiger partial charge in [-0.3, -0.25) is 5.84 Å². The molecular formula is C12H20N2. The highest BCUT2D eigenvalue weighted by molar-refractivity contribution is 5.28. The van der Waals surface area contributed by atoms with Gasteiger partial charge in [-0.25, -0.2) is 0 Å². The highest BCUT2D eigenvalue weighted by atomic mass is 15.2. The number of rotatable bonds is 1. The lowest BCUT2D eigenvalue weighted by molar-refractivity contribution is 0.568. The van der Waals surface area contributed by atoms with Crippen molar-refractivity contribution in [2.45, 2.75) is 27.7 Å². The van der Waals surface area contributed by atoms with Gasteiger partial charge in [0.1, 0.15) is 0 Å². The van der Waals surface area contributed by atoms with E-state index in [2.05, 4.69) is 57.4 Å². The van der Waals surface area contributed by atoms with Crippen molar-refractivity contribution in [1.29, 1.82) is 0 Å². The third kappa shape index (κ3) is 3.04. The molecule has 0 aromatic heterocycles. The molecule has 0 fully saturated rings. The van der Waals surface area contributed by atoms with E-state index >= 15 is 0 Å². The molecule has 1 aliphatic rings. The zero-order valence-corrected chi connectivity index (χ0v) is 9.46. The third-order valence-corrected chi connectivity index (χ3v) is 2.33.